The Morgan fingerprint density at radius 2 is 1.76 bits per heavy atom. The Balaban J connectivity index is 2.84. The average Bonchev–Trinajstić information content (AvgIpc) is 2.36. The molecule has 1 unspecified atom stereocenters. The topological polar surface area (TPSA) is 26.0 Å². The summed E-state index contributed by atoms with van der Waals surface area (Å²) in [7, 11) is 0. The molecular weight excluding hydrogens is 206 g/mol. The number of benzene rings is 1. The van der Waals surface area contributed by atoms with Gasteiger partial charge in [-0.1, -0.05) is 51.7 Å². The number of rotatable bonds is 3. The van der Waals surface area contributed by atoms with Crippen LogP contribution in [0.15, 0.2) is 24.3 Å². The largest absolute Gasteiger partial charge is 0.318 e. The highest BCUT2D eigenvalue weighted by Crippen LogP contribution is 2.26. The van der Waals surface area contributed by atoms with Crippen molar-refractivity contribution < 1.29 is 0 Å². The van der Waals surface area contributed by atoms with Gasteiger partial charge in [0.1, 0.15) is 0 Å². The average molecular weight is 229 g/mol. The number of nitrogens with two attached hydrogens (primary N) is 1. The molecule has 0 heterocycles. The van der Waals surface area contributed by atoms with Crippen LogP contribution in [0.2, 0.25) is 0 Å². The van der Waals surface area contributed by atoms with E-state index in [1.165, 1.54) is 5.56 Å². The zero-order chi connectivity index (χ0) is 12.9. The maximum absolute atomic E-state index is 5.77. The van der Waals surface area contributed by atoms with E-state index in [9.17, 15) is 0 Å². The van der Waals surface area contributed by atoms with Crippen molar-refractivity contribution in [3.8, 4) is 11.8 Å². The smallest absolute Gasteiger partial charge is 0.0665 e. The predicted molar refractivity (Wildman–Crippen MR) is 74.9 cm³/mol. The molecule has 1 atom stereocenters. The molecule has 0 aromatic heterocycles. The summed E-state index contributed by atoms with van der Waals surface area (Å²) >= 11 is 0. The van der Waals surface area contributed by atoms with Gasteiger partial charge in [-0.05, 0) is 36.0 Å². The highest BCUT2D eigenvalue weighted by Gasteiger charge is 2.17. The molecular formula is C16H23N. The van der Waals surface area contributed by atoms with Crippen molar-refractivity contribution in [2.45, 2.75) is 52.0 Å². The summed E-state index contributed by atoms with van der Waals surface area (Å²) in [5, 5.41) is 0. The van der Waals surface area contributed by atoms with Crippen LogP contribution >= 0.6 is 0 Å². The minimum Gasteiger partial charge on any atom is -0.318 e. The number of hydrogen-bond donors (Lipinski definition) is 1. The first-order valence-corrected chi connectivity index (χ1v) is 6.37. The van der Waals surface area contributed by atoms with E-state index in [1.807, 2.05) is 6.92 Å². The third kappa shape index (κ3) is 3.91. The van der Waals surface area contributed by atoms with Gasteiger partial charge in [0.15, 0.2) is 0 Å². The summed E-state index contributed by atoms with van der Waals surface area (Å²) in [5.74, 6) is 6.17. The van der Waals surface area contributed by atoms with Gasteiger partial charge in [-0.2, -0.15) is 0 Å². The van der Waals surface area contributed by atoms with Gasteiger partial charge in [0.25, 0.3) is 0 Å². The quantitative estimate of drug-likeness (QED) is 0.789. The van der Waals surface area contributed by atoms with Crippen LogP contribution in [0.5, 0.6) is 0 Å². The lowest BCUT2D eigenvalue weighted by Crippen LogP contribution is -2.15. The van der Waals surface area contributed by atoms with Crippen molar-refractivity contribution in [1.82, 2.24) is 0 Å². The Morgan fingerprint density at radius 1 is 1.18 bits per heavy atom. The van der Waals surface area contributed by atoms with Crippen LogP contribution in [0.1, 0.15) is 51.7 Å². The van der Waals surface area contributed by atoms with Gasteiger partial charge < -0.3 is 5.73 Å². The van der Waals surface area contributed by atoms with Gasteiger partial charge in [0.2, 0.25) is 0 Å². The second kappa shape index (κ2) is 5.89. The molecule has 0 fully saturated rings. The van der Waals surface area contributed by atoms with Gasteiger partial charge in [-0.25, -0.2) is 0 Å². The fourth-order valence-electron chi connectivity index (χ4n) is 1.49. The summed E-state index contributed by atoms with van der Waals surface area (Å²) in [6, 6.07) is 8.50. The van der Waals surface area contributed by atoms with Gasteiger partial charge >= 0.3 is 0 Å². The van der Waals surface area contributed by atoms with Crippen LogP contribution < -0.4 is 5.73 Å². The first kappa shape index (κ1) is 13.8. The van der Waals surface area contributed by atoms with E-state index in [-0.39, 0.29) is 11.5 Å². The summed E-state index contributed by atoms with van der Waals surface area (Å²) < 4.78 is 0. The van der Waals surface area contributed by atoms with Crippen molar-refractivity contribution >= 4 is 0 Å². The van der Waals surface area contributed by atoms with Crippen LogP contribution in [0.4, 0.5) is 0 Å². The van der Waals surface area contributed by atoms with Crippen molar-refractivity contribution in [2.24, 2.45) is 5.73 Å². The molecule has 0 bridgehead atoms. The molecule has 1 rings (SSSR count). The SMILES string of the molecule is CCC(N)C#Cc1ccc(C(C)(C)CC)cc1. The third-order valence-corrected chi connectivity index (χ3v) is 3.39. The molecule has 1 aromatic carbocycles. The molecule has 0 aliphatic rings. The van der Waals surface area contributed by atoms with Crippen molar-refractivity contribution in [2.75, 3.05) is 0 Å². The predicted octanol–water partition coefficient (Wildman–Crippen LogP) is 3.46. The fraction of sp³-hybridized carbons (Fsp3) is 0.500. The minimum absolute atomic E-state index is 0.0123. The van der Waals surface area contributed by atoms with E-state index < -0.39 is 0 Å². The first-order chi connectivity index (χ1) is 7.99. The Morgan fingerprint density at radius 3 is 2.24 bits per heavy atom. The van der Waals surface area contributed by atoms with Crippen LogP contribution in [0.25, 0.3) is 0 Å². The second-order valence-electron chi connectivity index (χ2n) is 5.10. The van der Waals surface area contributed by atoms with Crippen molar-refractivity contribution in [3.05, 3.63) is 35.4 Å². The maximum Gasteiger partial charge on any atom is 0.0665 e. The Kier molecular flexibility index (Phi) is 4.78. The molecule has 1 nitrogen and oxygen atoms in total. The van der Waals surface area contributed by atoms with Crippen molar-refractivity contribution in [3.63, 3.8) is 0 Å². The molecule has 17 heavy (non-hydrogen) atoms. The van der Waals surface area contributed by atoms with Gasteiger partial charge in [0.05, 0.1) is 6.04 Å². The normalized spacial score (nSPS) is 12.8. The molecule has 0 aliphatic carbocycles. The summed E-state index contributed by atoms with van der Waals surface area (Å²) in [4.78, 5) is 0. The van der Waals surface area contributed by atoms with Gasteiger partial charge in [0, 0.05) is 5.56 Å². The summed E-state index contributed by atoms with van der Waals surface area (Å²) in [5.41, 5.74) is 8.42. The summed E-state index contributed by atoms with van der Waals surface area (Å²) in [6.07, 6.45) is 2.03. The lowest BCUT2D eigenvalue weighted by atomic mass is 9.82. The third-order valence-electron chi connectivity index (χ3n) is 3.39. The van der Waals surface area contributed by atoms with E-state index in [2.05, 4.69) is 56.9 Å². The molecule has 0 spiro atoms. The molecule has 0 amide bonds. The Labute approximate surface area is 105 Å². The van der Waals surface area contributed by atoms with Gasteiger partial charge in [-0.15, -0.1) is 0 Å². The molecule has 0 aliphatic heterocycles. The molecule has 92 valence electrons. The highest BCUT2D eigenvalue weighted by atomic mass is 14.6. The molecule has 1 heteroatoms. The van der Waals surface area contributed by atoms with Crippen LogP contribution in [0, 0.1) is 11.8 Å². The molecule has 0 saturated carbocycles. The van der Waals surface area contributed by atoms with Crippen LogP contribution in [-0.4, -0.2) is 6.04 Å². The standard InChI is InChI=1S/C16H23N/c1-5-15(17)12-9-13-7-10-14(11-8-13)16(3,4)6-2/h7-8,10-11,15H,5-6,17H2,1-4H3. The Bertz CT molecular complexity index is 403. The summed E-state index contributed by atoms with van der Waals surface area (Å²) in [6.45, 7) is 8.79. The zero-order valence-corrected chi connectivity index (χ0v) is 11.4. The molecule has 0 saturated heterocycles. The minimum atomic E-state index is -0.0123. The Hall–Kier alpha value is -1.26. The maximum atomic E-state index is 5.77. The molecule has 1 aromatic rings. The second-order valence-corrected chi connectivity index (χ2v) is 5.10. The van der Waals surface area contributed by atoms with E-state index in [4.69, 9.17) is 5.73 Å². The van der Waals surface area contributed by atoms with Crippen molar-refractivity contribution in [1.29, 1.82) is 0 Å². The first-order valence-electron chi connectivity index (χ1n) is 6.37. The van der Waals surface area contributed by atoms with E-state index in [0.29, 0.717) is 0 Å². The van der Waals surface area contributed by atoms with E-state index in [1.54, 1.807) is 0 Å². The van der Waals surface area contributed by atoms with Gasteiger partial charge in [-0.3, -0.25) is 0 Å². The molecule has 0 radical (unpaired) electrons. The molecule has 2 N–H and O–H groups in total. The number of hydrogen-bond acceptors (Lipinski definition) is 1. The zero-order valence-electron chi connectivity index (χ0n) is 11.4. The lowest BCUT2D eigenvalue weighted by Gasteiger charge is -2.23. The highest BCUT2D eigenvalue weighted by molar-refractivity contribution is 5.38. The fourth-order valence-corrected chi connectivity index (χ4v) is 1.49. The van der Waals surface area contributed by atoms with Crippen LogP contribution in [-0.2, 0) is 5.41 Å². The monoisotopic (exact) mass is 229 g/mol. The van der Waals surface area contributed by atoms with E-state index in [0.717, 1.165) is 18.4 Å². The van der Waals surface area contributed by atoms with E-state index >= 15 is 0 Å². The lowest BCUT2D eigenvalue weighted by molar-refractivity contribution is 0.506. The van der Waals surface area contributed by atoms with Crippen LogP contribution in [0.3, 0.4) is 0 Å².